The normalized spacial score (nSPS) is 27.5. The molecule has 2 atom stereocenters. The molecule has 0 radical (unpaired) electrons. The monoisotopic (exact) mass is 400 g/mol. The maximum atomic E-state index is 6.65. The Morgan fingerprint density at radius 2 is 1.93 bits per heavy atom. The van der Waals surface area contributed by atoms with Crippen LogP contribution in [0.2, 0.25) is 0 Å². The van der Waals surface area contributed by atoms with E-state index in [1.54, 1.807) is 11.8 Å². The highest BCUT2D eigenvalue weighted by atomic mass is 32.2. The highest BCUT2D eigenvalue weighted by molar-refractivity contribution is 8.03. The number of benzene rings is 1. The molecule has 150 valence electrons. The van der Waals surface area contributed by atoms with E-state index < -0.39 is 0 Å². The van der Waals surface area contributed by atoms with Crippen LogP contribution >= 0.6 is 11.8 Å². The first-order valence-corrected chi connectivity index (χ1v) is 11.0. The lowest BCUT2D eigenvalue weighted by molar-refractivity contribution is 0.0345. The van der Waals surface area contributed by atoms with Gasteiger partial charge in [0.05, 0.1) is 24.5 Å². The van der Waals surface area contributed by atoms with Crippen molar-refractivity contribution in [2.75, 3.05) is 44.3 Å². The Labute approximate surface area is 170 Å². The molecule has 4 aliphatic rings. The lowest BCUT2D eigenvalue weighted by Gasteiger charge is -2.33. The molecule has 2 unspecified atom stereocenters. The summed E-state index contributed by atoms with van der Waals surface area (Å²) >= 11 is 1.64. The number of nitrogens with zero attached hydrogens (tertiary/aromatic N) is 4. The van der Waals surface area contributed by atoms with Crippen LogP contribution in [0.3, 0.4) is 0 Å². The number of fused-ring (bicyclic) bond motifs is 1. The SMILES string of the molecule is NC1SC2=C(N=CN(c3ccc4c(c3)CCC4)C2N)N1CCN1CCOCC1. The van der Waals surface area contributed by atoms with E-state index >= 15 is 0 Å². The standard InChI is InChI=1S/C20H28N6OS/c21-18-17-19(25(20(22)28-17)7-6-24-8-10-27-11-9-24)23-13-26(18)16-5-4-14-2-1-3-15(14)12-16/h4-5,12-13,18,20H,1-3,6-11,21-22H2. The topological polar surface area (TPSA) is 83.3 Å². The van der Waals surface area contributed by atoms with Crippen molar-refractivity contribution in [2.45, 2.75) is 30.9 Å². The van der Waals surface area contributed by atoms with Crippen molar-refractivity contribution in [2.24, 2.45) is 16.5 Å². The Kier molecular flexibility index (Phi) is 5.06. The van der Waals surface area contributed by atoms with Crippen molar-refractivity contribution < 1.29 is 4.74 Å². The number of hydrogen-bond acceptors (Lipinski definition) is 8. The molecule has 1 aromatic rings. The van der Waals surface area contributed by atoms with Gasteiger partial charge in [-0.05, 0) is 42.5 Å². The van der Waals surface area contributed by atoms with Gasteiger partial charge in [-0.15, -0.1) is 0 Å². The molecule has 4 N–H and O–H groups in total. The fourth-order valence-electron chi connectivity index (χ4n) is 4.42. The first-order valence-electron chi connectivity index (χ1n) is 10.1. The summed E-state index contributed by atoms with van der Waals surface area (Å²) in [6.07, 6.45) is 5.23. The van der Waals surface area contributed by atoms with E-state index in [0.29, 0.717) is 0 Å². The largest absolute Gasteiger partial charge is 0.379 e. The molecule has 1 aromatic carbocycles. The van der Waals surface area contributed by atoms with E-state index in [2.05, 4.69) is 32.9 Å². The summed E-state index contributed by atoms with van der Waals surface area (Å²) in [6.45, 7) is 5.42. The van der Waals surface area contributed by atoms with Gasteiger partial charge in [-0.2, -0.15) is 0 Å². The van der Waals surface area contributed by atoms with E-state index in [9.17, 15) is 0 Å². The Balaban J connectivity index is 1.31. The summed E-state index contributed by atoms with van der Waals surface area (Å²) in [5, 5.41) is 0. The Hall–Kier alpha value is -1.58. The fraction of sp³-hybridized carbons (Fsp3) is 0.550. The summed E-state index contributed by atoms with van der Waals surface area (Å²) in [5.41, 5.74) is 17.0. The molecule has 8 heteroatoms. The molecular formula is C20H28N6OS. The van der Waals surface area contributed by atoms with E-state index in [1.165, 1.54) is 24.0 Å². The minimum absolute atomic E-state index is 0.130. The molecule has 3 heterocycles. The minimum atomic E-state index is -0.239. The second-order valence-electron chi connectivity index (χ2n) is 7.75. The van der Waals surface area contributed by atoms with Crippen molar-refractivity contribution in [1.29, 1.82) is 0 Å². The van der Waals surface area contributed by atoms with Gasteiger partial charge in [0, 0.05) is 31.9 Å². The second kappa shape index (κ2) is 7.68. The van der Waals surface area contributed by atoms with Crippen LogP contribution in [-0.2, 0) is 17.6 Å². The number of aliphatic imine (C=N–C) groups is 1. The maximum absolute atomic E-state index is 6.65. The average Bonchev–Trinajstić information content (AvgIpc) is 3.31. The quantitative estimate of drug-likeness (QED) is 0.783. The van der Waals surface area contributed by atoms with E-state index in [0.717, 1.165) is 62.2 Å². The molecule has 28 heavy (non-hydrogen) atoms. The number of nitrogens with two attached hydrogens (primary N) is 2. The summed E-state index contributed by atoms with van der Waals surface area (Å²) in [7, 11) is 0. The van der Waals surface area contributed by atoms with Crippen LogP contribution < -0.4 is 16.4 Å². The zero-order valence-electron chi connectivity index (χ0n) is 16.1. The molecule has 0 bridgehead atoms. The number of aryl methyl sites for hydroxylation is 2. The smallest absolute Gasteiger partial charge is 0.145 e. The van der Waals surface area contributed by atoms with Gasteiger partial charge in [-0.3, -0.25) is 4.90 Å². The Morgan fingerprint density at radius 1 is 1.11 bits per heavy atom. The second-order valence-corrected chi connectivity index (χ2v) is 8.91. The van der Waals surface area contributed by atoms with Gasteiger partial charge in [0.15, 0.2) is 0 Å². The average molecular weight is 401 g/mol. The number of rotatable bonds is 4. The third kappa shape index (κ3) is 3.33. The van der Waals surface area contributed by atoms with Crippen molar-refractivity contribution in [1.82, 2.24) is 9.80 Å². The third-order valence-corrected chi connectivity index (χ3v) is 7.24. The van der Waals surface area contributed by atoms with E-state index in [4.69, 9.17) is 21.2 Å². The lowest BCUT2D eigenvalue weighted by Crippen LogP contribution is -2.46. The zero-order valence-corrected chi connectivity index (χ0v) is 16.9. The van der Waals surface area contributed by atoms with Crippen molar-refractivity contribution in [3.05, 3.63) is 40.1 Å². The zero-order chi connectivity index (χ0) is 19.1. The van der Waals surface area contributed by atoms with Gasteiger partial charge in [0.2, 0.25) is 0 Å². The van der Waals surface area contributed by atoms with Crippen LogP contribution in [0, 0.1) is 0 Å². The molecule has 3 aliphatic heterocycles. The van der Waals surface area contributed by atoms with Crippen LogP contribution in [0.4, 0.5) is 5.69 Å². The van der Waals surface area contributed by atoms with Gasteiger partial charge in [-0.1, -0.05) is 17.8 Å². The highest BCUT2D eigenvalue weighted by Crippen LogP contribution is 2.41. The first-order chi connectivity index (χ1) is 13.7. The lowest BCUT2D eigenvalue weighted by atomic mass is 10.1. The Bertz CT molecular complexity index is 806. The Morgan fingerprint density at radius 3 is 2.79 bits per heavy atom. The van der Waals surface area contributed by atoms with Gasteiger partial charge in [0.1, 0.15) is 17.5 Å². The first kappa shape index (κ1) is 18.4. The molecule has 1 fully saturated rings. The van der Waals surface area contributed by atoms with Crippen molar-refractivity contribution >= 4 is 23.8 Å². The predicted molar refractivity (Wildman–Crippen MR) is 114 cm³/mol. The third-order valence-electron chi connectivity index (χ3n) is 6.06. The predicted octanol–water partition coefficient (Wildman–Crippen LogP) is 1.10. The molecule has 0 amide bonds. The molecule has 0 aromatic heterocycles. The molecule has 7 nitrogen and oxygen atoms in total. The van der Waals surface area contributed by atoms with Crippen molar-refractivity contribution in [3.63, 3.8) is 0 Å². The van der Waals surface area contributed by atoms with Crippen LogP contribution in [-0.4, -0.2) is 67.2 Å². The van der Waals surface area contributed by atoms with Crippen LogP contribution in [0.5, 0.6) is 0 Å². The maximum Gasteiger partial charge on any atom is 0.145 e. The van der Waals surface area contributed by atoms with Gasteiger partial charge in [-0.25, -0.2) is 4.99 Å². The van der Waals surface area contributed by atoms with E-state index in [-0.39, 0.29) is 11.7 Å². The number of morpholine rings is 1. The summed E-state index contributed by atoms with van der Waals surface area (Å²) < 4.78 is 5.44. The van der Waals surface area contributed by atoms with Gasteiger partial charge >= 0.3 is 0 Å². The summed E-state index contributed by atoms with van der Waals surface area (Å²) in [6, 6.07) is 6.68. The molecule has 1 aliphatic carbocycles. The van der Waals surface area contributed by atoms with Crippen molar-refractivity contribution in [3.8, 4) is 0 Å². The molecule has 0 spiro atoms. The molecular weight excluding hydrogens is 372 g/mol. The number of thioether (sulfide) groups is 1. The summed E-state index contributed by atoms with van der Waals surface area (Å²) in [5.74, 6) is 0.940. The van der Waals surface area contributed by atoms with Gasteiger partial charge < -0.3 is 26.0 Å². The minimum Gasteiger partial charge on any atom is -0.379 e. The number of hydrogen-bond donors (Lipinski definition) is 2. The molecule has 0 saturated carbocycles. The molecule has 5 rings (SSSR count). The van der Waals surface area contributed by atoms with Crippen LogP contribution in [0.25, 0.3) is 0 Å². The summed E-state index contributed by atoms with van der Waals surface area (Å²) in [4.78, 5) is 12.5. The number of ether oxygens (including phenoxy) is 1. The van der Waals surface area contributed by atoms with Crippen LogP contribution in [0.1, 0.15) is 17.5 Å². The molecule has 1 saturated heterocycles. The van der Waals surface area contributed by atoms with Crippen LogP contribution in [0.15, 0.2) is 33.9 Å². The number of anilines is 1. The highest BCUT2D eigenvalue weighted by Gasteiger charge is 2.37. The fourth-order valence-corrected chi connectivity index (χ4v) is 5.54. The van der Waals surface area contributed by atoms with E-state index in [1.807, 2.05) is 6.34 Å². The van der Waals surface area contributed by atoms with Gasteiger partial charge in [0.25, 0.3) is 0 Å².